The Labute approximate surface area is 150 Å². The van der Waals surface area contributed by atoms with Crippen molar-refractivity contribution in [3.8, 4) is 0 Å². The Morgan fingerprint density at radius 2 is 2.08 bits per heavy atom. The molecule has 1 aliphatic heterocycles. The van der Waals surface area contributed by atoms with Crippen molar-refractivity contribution in [3.63, 3.8) is 0 Å². The minimum Gasteiger partial charge on any atom is -0.477 e. The Hall–Kier alpha value is -2.48. The first-order valence-electron chi connectivity index (χ1n) is 8.52. The smallest absolute Gasteiger partial charge is 0.341 e. The molecule has 26 heavy (non-hydrogen) atoms. The van der Waals surface area contributed by atoms with Gasteiger partial charge in [-0.2, -0.15) is 0 Å². The Balaban J connectivity index is 2.41. The second-order valence-corrected chi connectivity index (χ2v) is 7.79. The largest absolute Gasteiger partial charge is 0.477 e. The molecule has 1 saturated heterocycles. The summed E-state index contributed by atoms with van der Waals surface area (Å²) < 4.78 is 16.6. The van der Waals surface area contributed by atoms with Crippen LogP contribution in [0.2, 0.25) is 0 Å². The minimum absolute atomic E-state index is 0.00423. The molecular weight excluding hydrogens is 339 g/mol. The molecule has 0 spiro atoms. The van der Waals surface area contributed by atoms with Crippen LogP contribution >= 0.6 is 0 Å². The number of halogens is 1. The number of nitrogens with two attached hydrogens (primary N) is 1. The van der Waals surface area contributed by atoms with Crippen molar-refractivity contribution >= 4 is 22.8 Å². The fourth-order valence-electron chi connectivity index (χ4n) is 3.33. The third-order valence-corrected chi connectivity index (χ3v) is 4.77. The number of fused-ring (bicyclic) bond motifs is 1. The minimum atomic E-state index is -1.34. The Morgan fingerprint density at radius 1 is 1.42 bits per heavy atom. The quantitative estimate of drug-likeness (QED) is 0.845. The number of carboxylic acid groups (broad SMARTS) is 1. The first kappa shape index (κ1) is 18.3. The van der Waals surface area contributed by atoms with Gasteiger partial charge in [-0.25, -0.2) is 14.2 Å². The van der Waals surface area contributed by atoms with Crippen LogP contribution in [0.4, 0.5) is 10.2 Å². The lowest BCUT2D eigenvalue weighted by Gasteiger charge is -2.27. The summed E-state index contributed by atoms with van der Waals surface area (Å²) in [5, 5.41) is 9.39. The summed E-state index contributed by atoms with van der Waals surface area (Å²) in [4.78, 5) is 30.4. The van der Waals surface area contributed by atoms with Crippen LogP contribution in [0, 0.1) is 12.7 Å². The van der Waals surface area contributed by atoms with Gasteiger partial charge in [0, 0.05) is 36.4 Å². The number of aromatic carboxylic acids is 1. The first-order chi connectivity index (χ1) is 12.0. The number of carbonyl (C=O) groups is 1. The molecule has 2 aromatic heterocycles. The van der Waals surface area contributed by atoms with Crippen molar-refractivity contribution in [2.24, 2.45) is 5.73 Å². The third kappa shape index (κ3) is 2.84. The van der Waals surface area contributed by atoms with Crippen LogP contribution in [-0.2, 0) is 5.54 Å². The maximum Gasteiger partial charge on any atom is 0.341 e. The van der Waals surface area contributed by atoms with Crippen LogP contribution in [0.1, 0.15) is 43.1 Å². The molecule has 1 unspecified atom stereocenters. The van der Waals surface area contributed by atoms with Crippen LogP contribution in [0.5, 0.6) is 0 Å². The molecule has 0 bridgehead atoms. The summed E-state index contributed by atoms with van der Waals surface area (Å²) in [5.74, 6) is -1.79. The van der Waals surface area contributed by atoms with Crippen molar-refractivity contribution in [3.05, 3.63) is 33.4 Å². The highest BCUT2D eigenvalue weighted by Crippen LogP contribution is 2.30. The summed E-state index contributed by atoms with van der Waals surface area (Å²) in [6.45, 7) is 8.17. The van der Waals surface area contributed by atoms with Gasteiger partial charge in [-0.1, -0.05) is 0 Å². The summed E-state index contributed by atoms with van der Waals surface area (Å²) >= 11 is 0. The van der Waals surface area contributed by atoms with Gasteiger partial charge >= 0.3 is 5.97 Å². The molecule has 140 valence electrons. The highest BCUT2D eigenvalue weighted by molar-refractivity contribution is 5.93. The zero-order valence-electron chi connectivity index (χ0n) is 15.3. The van der Waals surface area contributed by atoms with Crippen LogP contribution < -0.4 is 16.1 Å². The predicted molar refractivity (Wildman–Crippen MR) is 97.5 cm³/mol. The highest BCUT2D eigenvalue weighted by atomic mass is 19.1. The van der Waals surface area contributed by atoms with E-state index in [9.17, 15) is 14.7 Å². The maximum atomic E-state index is 15.0. The van der Waals surface area contributed by atoms with Crippen molar-refractivity contribution in [2.45, 2.75) is 45.7 Å². The van der Waals surface area contributed by atoms with Gasteiger partial charge < -0.3 is 20.3 Å². The molecule has 3 N–H and O–H groups in total. The van der Waals surface area contributed by atoms with E-state index in [2.05, 4.69) is 4.98 Å². The van der Waals surface area contributed by atoms with Gasteiger partial charge in [0.1, 0.15) is 11.2 Å². The van der Waals surface area contributed by atoms with Crippen LogP contribution in [0.15, 0.2) is 11.0 Å². The van der Waals surface area contributed by atoms with Gasteiger partial charge in [0.15, 0.2) is 11.6 Å². The first-order valence-corrected chi connectivity index (χ1v) is 8.52. The van der Waals surface area contributed by atoms with Gasteiger partial charge in [-0.05, 0) is 34.1 Å². The number of pyridine rings is 2. The van der Waals surface area contributed by atoms with Gasteiger partial charge in [0.2, 0.25) is 5.43 Å². The van der Waals surface area contributed by atoms with E-state index in [1.807, 2.05) is 20.8 Å². The Bertz CT molecular complexity index is 962. The summed E-state index contributed by atoms with van der Waals surface area (Å²) in [5.41, 5.74) is 4.65. The number of carboxylic acids is 1. The molecule has 0 amide bonds. The van der Waals surface area contributed by atoms with Crippen molar-refractivity contribution in [1.82, 2.24) is 9.55 Å². The molecule has 2 aromatic rings. The second-order valence-electron chi connectivity index (χ2n) is 7.79. The lowest BCUT2D eigenvalue weighted by molar-refractivity contribution is 0.0694. The number of rotatable bonds is 2. The number of hydrogen-bond acceptors (Lipinski definition) is 5. The standard InChI is InChI=1S/C18H23FN4O3/c1-9-12-14(24)11(17(25)26)8-23(18(2,3)4)15(12)21-16(13(9)19)22-6-5-10(20)7-22/h8,10H,5-7,20H2,1-4H3,(H,25,26). The van der Waals surface area contributed by atoms with Crippen molar-refractivity contribution in [1.29, 1.82) is 0 Å². The highest BCUT2D eigenvalue weighted by Gasteiger charge is 2.29. The van der Waals surface area contributed by atoms with Crippen LogP contribution in [-0.4, -0.2) is 39.8 Å². The van der Waals surface area contributed by atoms with Crippen LogP contribution in [0.3, 0.4) is 0 Å². The summed E-state index contributed by atoms with van der Waals surface area (Å²) in [6, 6.07) is -0.0496. The molecule has 3 heterocycles. The topological polar surface area (TPSA) is 101 Å². The molecule has 1 aliphatic rings. The number of aromatic nitrogens is 2. The molecule has 0 aromatic carbocycles. The molecule has 1 atom stereocenters. The normalized spacial score (nSPS) is 17.9. The number of anilines is 1. The van der Waals surface area contributed by atoms with Crippen molar-refractivity contribution < 1.29 is 14.3 Å². The Kier molecular flexibility index (Phi) is 4.26. The molecule has 1 fully saturated rings. The molecule has 0 aliphatic carbocycles. The lowest BCUT2D eigenvalue weighted by Crippen LogP contribution is -2.31. The van der Waals surface area contributed by atoms with E-state index in [1.165, 1.54) is 13.1 Å². The molecule has 8 heteroatoms. The fraction of sp³-hybridized carbons (Fsp3) is 0.500. The van der Waals surface area contributed by atoms with Gasteiger partial charge in [0.25, 0.3) is 0 Å². The zero-order valence-corrected chi connectivity index (χ0v) is 15.3. The summed E-state index contributed by atoms with van der Waals surface area (Å²) in [6.07, 6.45) is 2.03. The second kappa shape index (κ2) is 6.05. The van der Waals surface area contributed by atoms with Gasteiger partial charge in [-0.15, -0.1) is 0 Å². The monoisotopic (exact) mass is 362 g/mol. The SMILES string of the molecule is Cc1c(F)c(N2CCC(N)C2)nc2c1c(=O)c(C(=O)O)cn2C(C)(C)C. The number of hydrogen-bond donors (Lipinski definition) is 2. The average molecular weight is 362 g/mol. The summed E-state index contributed by atoms with van der Waals surface area (Å²) in [7, 11) is 0. The molecule has 3 rings (SSSR count). The zero-order chi connectivity index (χ0) is 19.4. The van der Waals surface area contributed by atoms with Crippen molar-refractivity contribution in [2.75, 3.05) is 18.0 Å². The third-order valence-electron chi connectivity index (χ3n) is 4.77. The molecule has 0 radical (unpaired) electrons. The number of nitrogens with zero attached hydrogens (tertiary/aromatic N) is 3. The van der Waals surface area contributed by atoms with E-state index >= 15 is 4.39 Å². The molecular formula is C18H23FN4O3. The Morgan fingerprint density at radius 3 is 2.58 bits per heavy atom. The van der Waals surface area contributed by atoms with E-state index in [0.717, 1.165) is 6.42 Å². The van der Waals surface area contributed by atoms with E-state index in [1.54, 1.807) is 9.47 Å². The fourth-order valence-corrected chi connectivity index (χ4v) is 3.33. The van der Waals surface area contributed by atoms with E-state index in [0.29, 0.717) is 13.1 Å². The molecule has 7 nitrogen and oxygen atoms in total. The van der Waals surface area contributed by atoms with E-state index < -0.39 is 28.3 Å². The number of aryl methyl sites for hydroxylation is 1. The van der Waals surface area contributed by atoms with Crippen LogP contribution in [0.25, 0.3) is 11.0 Å². The maximum absolute atomic E-state index is 15.0. The van der Waals surface area contributed by atoms with E-state index in [4.69, 9.17) is 5.73 Å². The predicted octanol–water partition coefficient (Wildman–Crippen LogP) is 1.83. The van der Waals surface area contributed by atoms with Gasteiger partial charge in [0.05, 0.1) is 5.39 Å². The van der Waals surface area contributed by atoms with Gasteiger partial charge in [-0.3, -0.25) is 4.79 Å². The van der Waals surface area contributed by atoms with E-state index in [-0.39, 0.29) is 28.5 Å². The molecule has 0 saturated carbocycles. The average Bonchev–Trinajstić information content (AvgIpc) is 2.95. The lowest BCUT2D eigenvalue weighted by atomic mass is 10.0.